The predicted molar refractivity (Wildman–Crippen MR) is 78.1 cm³/mol. The van der Waals surface area contributed by atoms with Crippen molar-refractivity contribution in [2.45, 2.75) is 105 Å². The molecule has 0 saturated carbocycles. The van der Waals surface area contributed by atoms with Crippen molar-refractivity contribution in [3.63, 3.8) is 0 Å². The van der Waals surface area contributed by atoms with Gasteiger partial charge in [-0.05, 0) is 0 Å². The van der Waals surface area contributed by atoms with E-state index in [0.29, 0.717) is 0 Å². The van der Waals surface area contributed by atoms with Crippen LogP contribution in [0.1, 0.15) is 105 Å². The van der Waals surface area contributed by atoms with Crippen LogP contribution in [0.25, 0.3) is 0 Å². The molecule has 0 aromatic heterocycles. The largest absolute Gasteiger partial charge is 0.0654 e. The van der Waals surface area contributed by atoms with Gasteiger partial charge in [0.25, 0.3) is 0 Å². The summed E-state index contributed by atoms with van der Waals surface area (Å²) < 4.78 is 0. The first-order valence-electron chi connectivity index (χ1n) is 7.83. The maximum atomic E-state index is 2.27. The van der Waals surface area contributed by atoms with Crippen molar-refractivity contribution < 1.29 is 0 Å². The fourth-order valence-electron chi connectivity index (χ4n) is 1.74. The van der Waals surface area contributed by atoms with Crippen molar-refractivity contribution in [3.8, 4) is 0 Å². The van der Waals surface area contributed by atoms with Gasteiger partial charge in [-0.2, -0.15) is 0 Å². The Bertz CT molecular complexity index is 76.0. The Balaban J connectivity index is 0. The minimum Gasteiger partial charge on any atom is -0.0654 e. The van der Waals surface area contributed by atoms with Crippen LogP contribution in [0, 0.1) is 0 Å². The Hall–Kier alpha value is 0. The zero-order chi connectivity index (χ0) is 12.5. The number of unbranched alkanes of at least 4 members (excludes halogenated alkanes) is 10. The maximum absolute atomic E-state index is 2.27. The number of rotatable bonds is 10. The number of hydrogen-bond donors (Lipinski definition) is 0. The molecule has 0 N–H and O–H groups in total. The molecule has 0 aliphatic rings. The van der Waals surface area contributed by atoms with Crippen molar-refractivity contribution in [3.05, 3.63) is 0 Å². The molecule has 0 nitrogen and oxygen atoms in total. The van der Waals surface area contributed by atoms with Crippen LogP contribution in [0.4, 0.5) is 0 Å². The van der Waals surface area contributed by atoms with Gasteiger partial charge in [-0.3, -0.25) is 0 Å². The summed E-state index contributed by atoms with van der Waals surface area (Å²) in [4.78, 5) is 0. The molecule has 0 unspecified atom stereocenters. The van der Waals surface area contributed by atoms with E-state index < -0.39 is 0 Å². The van der Waals surface area contributed by atoms with E-state index in [0.717, 1.165) is 0 Å². The third-order valence-electron chi connectivity index (χ3n) is 2.91. The average Bonchev–Trinajstić information content (AvgIpc) is 2.30. The van der Waals surface area contributed by atoms with Gasteiger partial charge in [-0.15, -0.1) is 0 Å². The topological polar surface area (TPSA) is 0 Å². The van der Waals surface area contributed by atoms with Gasteiger partial charge >= 0.3 is 0 Å². The first-order valence-corrected chi connectivity index (χ1v) is 7.83. The Morgan fingerprint density at radius 2 is 0.562 bits per heavy atom. The summed E-state index contributed by atoms with van der Waals surface area (Å²) in [5.41, 5.74) is 0. The second-order valence-corrected chi connectivity index (χ2v) is 4.83. The second kappa shape index (κ2) is 20.4. The lowest BCUT2D eigenvalue weighted by molar-refractivity contribution is 0.572. The summed E-state index contributed by atoms with van der Waals surface area (Å²) in [7, 11) is 0. The van der Waals surface area contributed by atoms with Crippen LogP contribution >= 0.6 is 0 Å². The normalized spacial score (nSPS) is 9.75. The molecule has 0 aromatic carbocycles. The molecule has 0 atom stereocenters. The highest BCUT2D eigenvalue weighted by Crippen LogP contribution is 2.08. The smallest absolute Gasteiger partial charge is 0.0533 e. The van der Waals surface area contributed by atoms with Gasteiger partial charge in [0.2, 0.25) is 0 Å². The molecule has 0 radical (unpaired) electrons. The summed E-state index contributed by atoms with van der Waals surface area (Å²) in [6.07, 6.45) is 17.0. The Kier molecular flexibility index (Phi) is 23.4. The molecule has 0 heterocycles. The standard InChI is InChI=1S/C11H24.C5H12/c1-3-5-7-9-11-10-8-6-4-2;1-3-5-4-2/h3-11H2,1-2H3;3-5H2,1-2H3. The van der Waals surface area contributed by atoms with E-state index in [1.165, 1.54) is 77.0 Å². The van der Waals surface area contributed by atoms with Gasteiger partial charge in [-0.1, -0.05) is 105 Å². The summed E-state index contributed by atoms with van der Waals surface area (Å²) >= 11 is 0. The van der Waals surface area contributed by atoms with Crippen molar-refractivity contribution in [2.75, 3.05) is 0 Å². The Morgan fingerprint density at radius 1 is 0.312 bits per heavy atom. The Labute approximate surface area is 105 Å². The number of hydrogen-bond acceptors (Lipinski definition) is 0. The fraction of sp³-hybridized carbons (Fsp3) is 1.00. The zero-order valence-corrected chi connectivity index (χ0v) is 12.5. The Morgan fingerprint density at radius 3 is 0.750 bits per heavy atom. The lowest BCUT2D eigenvalue weighted by atomic mass is 10.1. The molecule has 0 rings (SSSR count). The molecule has 0 spiro atoms. The lowest BCUT2D eigenvalue weighted by Gasteiger charge is -1.98. The molecule has 0 aliphatic carbocycles. The third kappa shape index (κ3) is 23.7. The molecule has 0 aromatic rings. The average molecular weight is 228 g/mol. The molecule has 0 heteroatoms. The molecule has 0 fully saturated rings. The van der Waals surface area contributed by atoms with E-state index in [4.69, 9.17) is 0 Å². The molecule has 0 aliphatic heterocycles. The summed E-state index contributed by atoms with van der Waals surface area (Å²) in [6, 6.07) is 0. The molecule has 0 bridgehead atoms. The van der Waals surface area contributed by atoms with Crippen molar-refractivity contribution >= 4 is 0 Å². The molecule has 0 amide bonds. The minimum absolute atomic E-state index is 1.34. The second-order valence-electron chi connectivity index (χ2n) is 4.83. The van der Waals surface area contributed by atoms with Crippen molar-refractivity contribution in [2.24, 2.45) is 0 Å². The summed E-state index contributed by atoms with van der Waals surface area (Å²) in [6.45, 7) is 8.97. The zero-order valence-electron chi connectivity index (χ0n) is 12.5. The van der Waals surface area contributed by atoms with Crippen LogP contribution in [0.3, 0.4) is 0 Å². The SMILES string of the molecule is CCCCC.CCCCCCCCCCC. The monoisotopic (exact) mass is 228 g/mol. The molecule has 16 heavy (non-hydrogen) atoms. The first-order chi connectivity index (χ1) is 7.83. The highest BCUT2D eigenvalue weighted by Gasteiger charge is 1.88. The van der Waals surface area contributed by atoms with E-state index in [-0.39, 0.29) is 0 Å². The lowest BCUT2D eigenvalue weighted by Crippen LogP contribution is -1.79. The van der Waals surface area contributed by atoms with E-state index in [1.807, 2.05) is 0 Å². The van der Waals surface area contributed by atoms with Crippen LogP contribution in [-0.4, -0.2) is 0 Å². The van der Waals surface area contributed by atoms with Crippen LogP contribution in [-0.2, 0) is 0 Å². The van der Waals surface area contributed by atoms with E-state index in [1.54, 1.807) is 0 Å². The minimum atomic E-state index is 1.34. The highest BCUT2D eigenvalue weighted by atomic mass is 13.9. The van der Waals surface area contributed by atoms with Crippen LogP contribution < -0.4 is 0 Å². The van der Waals surface area contributed by atoms with E-state index >= 15 is 0 Å². The molecular weight excluding hydrogens is 192 g/mol. The van der Waals surface area contributed by atoms with Gasteiger partial charge in [0.05, 0.1) is 0 Å². The van der Waals surface area contributed by atoms with Crippen LogP contribution in [0.2, 0.25) is 0 Å². The van der Waals surface area contributed by atoms with Gasteiger partial charge < -0.3 is 0 Å². The van der Waals surface area contributed by atoms with Crippen molar-refractivity contribution in [1.29, 1.82) is 0 Å². The van der Waals surface area contributed by atoms with Crippen LogP contribution in [0.5, 0.6) is 0 Å². The summed E-state index contributed by atoms with van der Waals surface area (Å²) in [5, 5.41) is 0. The van der Waals surface area contributed by atoms with Gasteiger partial charge in [0.15, 0.2) is 0 Å². The first kappa shape index (κ1) is 18.4. The van der Waals surface area contributed by atoms with Crippen LogP contribution in [0.15, 0.2) is 0 Å². The quantitative estimate of drug-likeness (QED) is 0.363. The van der Waals surface area contributed by atoms with E-state index in [9.17, 15) is 0 Å². The highest BCUT2D eigenvalue weighted by molar-refractivity contribution is 4.44. The molecule has 0 saturated heterocycles. The fourth-order valence-corrected chi connectivity index (χ4v) is 1.74. The third-order valence-corrected chi connectivity index (χ3v) is 2.91. The molecular formula is C16H36. The summed E-state index contributed by atoms with van der Waals surface area (Å²) in [5.74, 6) is 0. The van der Waals surface area contributed by atoms with Gasteiger partial charge in [-0.25, -0.2) is 0 Å². The molecule has 100 valence electrons. The predicted octanol–water partition coefficient (Wildman–Crippen LogP) is 6.73. The van der Waals surface area contributed by atoms with Crippen molar-refractivity contribution in [1.82, 2.24) is 0 Å². The van der Waals surface area contributed by atoms with E-state index in [2.05, 4.69) is 27.7 Å². The maximum Gasteiger partial charge on any atom is -0.0533 e. The van der Waals surface area contributed by atoms with Gasteiger partial charge in [0, 0.05) is 0 Å². The van der Waals surface area contributed by atoms with Gasteiger partial charge in [0.1, 0.15) is 0 Å².